The maximum atomic E-state index is 11.6. The van der Waals surface area contributed by atoms with Crippen LogP contribution in [0.1, 0.15) is 5.56 Å². The van der Waals surface area contributed by atoms with Crippen molar-refractivity contribution in [2.24, 2.45) is 5.14 Å². The number of sulfonamides is 1. The molecule has 0 bridgehead atoms. The van der Waals surface area contributed by atoms with Gasteiger partial charge >= 0.3 is 0 Å². The van der Waals surface area contributed by atoms with Gasteiger partial charge in [0.15, 0.2) is 5.82 Å². The zero-order chi connectivity index (χ0) is 15.6. The van der Waals surface area contributed by atoms with Crippen molar-refractivity contribution in [1.82, 2.24) is 14.8 Å². The molecule has 0 spiro atoms. The van der Waals surface area contributed by atoms with Gasteiger partial charge in [-0.15, -0.1) is 10.2 Å². The molecule has 0 aliphatic carbocycles. The first-order valence-corrected chi connectivity index (χ1v) is 7.98. The summed E-state index contributed by atoms with van der Waals surface area (Å²) in [6.45, 7) is 2.43. The van der Waals surface area contributed by atoms with E-state index in [-0.39, 0.29) is 11.7 Å². The molecule has 0 atom stereocenters. The van der Waals surface area contributed by atoms with Crippen LogP contribution in [-0.2, 0) is 21.3 Å². The van der Waals surface area contributed by atoms with Gasteiger partial charge in [-0.25, -0.2) is 13.6 Å². The summed E-state index contributed by atoms with van der Waals surface area (Å²) in [4.78, 5) is 0. The Bertz CT molecular complexity index is 758. The molecule has 0 saturated carbocycles. The molecule has 0 radical (unpaired) electrons. The Balaban J connectivity index is 2.63. The van der Waals surface area contributed by atoms with Crippen LogP contribution in [0.25, 0.3) is 11.4 Å². The van der Waals surface area contributed by atoms with E-state index in [2.05, 4.69) is 10.2 Å². The van der Waals surface area contributed by atoms with E-state index < -0.39 is 10.0 Å². The van der Waals surface area contributed by atoms with Crippen LogP contribution in [0.4, 0.5) is 0 Å². The number of hydrogen-bond acceptors (Lipinski definition) is 5. The van der Waals surface area contributed by atoms with Crippen molar-refractivity contribution in [3.8, 4) is 11.4 Å². The van der Waals surface area contributed by atoms with E-state index in [1.165, 1.54) is 11.7 Å². The lowest BCUT2D eigenvalue weighted by Crippen LogP contribution is -2.20. The third kappa shape index (κ3) is 3.41. The number of nitrogens with two attached hydrogens (primary N) is 1. The quantitative estimate of drug-likeness (QED) is 0.887. The Kier molecular flexibility index (Phi) is 4.62. The SMILES string of the molecule is COCCn1c(-c2cc(Cl)ccc2C)nnc1S(N)(=O)=O. The Hall–Kier alpha value is -1.48. The number of rotatable bonds is 5. The highest BCUT2D eigenvalue weighted by Crippen LogP contribution is 2.26. The third-order valence-corrected chi connectivity index (χ3v) is 3.98. The monoisotopic (exact) mass is 330 g/mol. The molecule has 1 aromatic heterocycles. The lowest BCUT2D eigenvalue weighted by atomic mass is 10.1. The fourth-order valence-electron chi connectivity index (χ4n) is 1.92. The highest BCUT2D eigenvalue weighted by molar-refractivity contribution is 7.89. The molecule has 0 fully saturated rings. The molecule has 0 saturated heterocycles. The Morgan fingerprint density at radius 2 is 2.10 bits per heavy atom. The van der Waals surface area contributed by atoms with E-state index in [0.29, 0.717) is 23.0 Å². The second kappa shape index (κ2) is 6.10. The molecule has 114 valence electrons. The number of halogens is 1. The maximum Gasteiger partial charge on any atom is 0.273 e. The molecular formula is C12H15ClN4O3S. The number of nitrogens with zero attached hydrogens (tertiary/aromatic N) is 3. The first-order chi connectivity index (χ1) is 9.84. The average molecular weight is 331 g/mol. The van der Waals surface area contributed by atoms with Crippen molar-refractivity contribution in [2.45, 2.75) is 18.6 Å². The van der Waals surface area contributed by atoms with Gasteiger partial charge < -0.3 is 4.74 Å². The standard InChI is InChI=1S/C12H15ClN4O3S/c1-8-3-4-9(13)7-10(8)11-15-16-12(21(14,18)19)17(11)5-6-20-2/h3-4,7H,5-6H2,1-2H3,(H2,14,18,19). The number of hydrogen-bond donors (Lipinski definition) is 1. The number of ether oxygens (including phenoxy) is 1. The molecule has 0 aliphatic heterocycles. The summed E-state index contributed by atoms with van der Waals surface area (Å²) < 4.78 is 29.6. The molecule has 9 heteroatoms. The lowest BCUT2D eigenvalue weighted by molar-refractivity contribution is 0.185. The fourth-order valence-corrected chi connectivity index (χ4v) is 2.73. The van der Waals surface area contributed by atoms with Gasteiger partial charge in [0.25, 0.3) is 15.2 Å². The minimum absolute atomic E-state index is 0.260. The van der Waals surface area contributed by atoms with Gasteiger partial charge in [-0.05, 0) is 24.6 Å². The molecule has 0 amide bonds. The summed E-state index contributed by atoms with van der Waals surface area (Å²) in [6, 6.07) is 5.28. The Morgan fingerprint density at radius 1 is 1.38 bits per heavy atom. The summed E-state index contributed by atoms with van der Waals surface area (Å²) in [7, 11) is -2.45. The van der Waals surface area contributed by atoms with Crippen LogP contribution in [0.2, 0.25) is 5.02 Å². The predicted octanol–water partition coefficient (Wildman–Crippen LogP) is 1.20. The number of aromatic nitrogens is 3. The van der Waals surface area contributed by atoms with Crippen LogP contribution in [-0.4, -0.2) is 36.9 Å². The van der Waals surface area contributed by atoms with Gasteiger partial charge in [-0.3, -0.25) is 4.57 Å². The van der Waals surface area contributed by atoms with Crippen molar-refractivity contribution in [2.75, 3.05) is 13.7 Å². The number of methoxy groups -OCH3 is 1. The molecule has 2 N–H and O–H groups in total. The molecule has 7 nitrogen and oxygen atoms in total. The van der Waals surface area contributed by atoms with Crippen molar-refractivity contribution < 1.29 is 13.2 Å². The lowest BCUT2D eigenvalue weighted by Gasteiger charge is -2.10. The van der Waals surface area contributed by atoms with Gasteiger partial charge in [0, 0.05) is 17.7 Å². The van der Waals surface area contributed by atoms with Gasteiger partial charge in [-0.1, -0.05) is 17.7 Å². The van der Waals surface area contributed by atoms with Crippen LogP contribution in [0.3, 0.4) is 0 Å². The van der Waals surface area contributed by atoms with Gasteiger partial charge in [0.1, 0.15) is 0 Å². The zero-order valence-electron chi connectivity index (χ0n) is 11.6. The molecule has 2 aromatic rings. The van der Waals surface area contributed by atoms with Crippen molar-refractivity contribution in [3.05, 3.63) is 28.8 Å². The third-order valence-electron chi connectivity index (χ3n) is 2.93. The second-order valence-electron chi connectivity index (χ2n) is 4.45. The summed E-state index contributed by atoms with van der Waals surface area (Å²) in [5, 5.41) is 13.0. The summed E-state index contributed by atoms with van der Waals surface area (Å²) in [5.41, 5.74) is 1.59. The van der Waals surface area contributed by atoms with Crippen molar-refractivity contribution in [1.29, 1.82) is 0 Å². The van der Waals surface area contributed by atoms with Crippen LogP contribution in [0.5, 0.6) is 0 Å². The Labute approximate surface area is 127 Å². The second-order valence-corrected chi connectivity index (χ2v) is 6.35. The molecule has 0 aliphatic rings. The van der Waals surface area contributed by atoms with E-state index in [1.54, 1.807) is 12.1 Å². The number of benzene rings is 1. The van der Waals surface area contributed by atoms with E-state index in [4.69, 9.17) is 21.5 Å². The highest BCUT2D eigenvalue weighted by atomic mass is 35.5. The average Bonchev–Trinajstić information content (AvgIpc) is 2.82. The van der Waals surface area contributed by atoms with E-state index in [1.807, 2.05) is 13.0 Å². The Morgan fingerprint density at radius 3 is 2.71 bits per heavy atom. The fraction of sp³-hybridized carbons (Fsp3) is 0.333. The first kappa shape index (κ1) is 15.9. The smallest absolute Gasteiger partial charge is 0.273 e. The van der Waals surface area contributed by atoms with E-state index in [9.17, 15) is 8.42 Å². The van der Waals surface area contributed by atoms with Crippen LogP contribution >= 0.6 is 11.6 Å². The highest BCUT2D eigenvalue weighted by Gasteiger charge is 2.22. The minimum Gasteiger partial charge on any atom is -0.383 e. The zero-order valence-corrected chi connectivity index (χ0v) is 13.1. The van der Waals surface area contributed by atoms with Crippen LogP contribution < -0.4 is 5.14 Å². The molecule has 1 aromatic carbocycles. The van der Waals surface area contributed by atoms with Gasteiger partial charge in [0.05, 0.1) is 13.2 Å². The minimum atomic E-state index is -3.97. The van der Waals surface area contributed by atoms with Crippen molar-refractivity contribution >= 4 is 21.6 Å². The summed E-state index contributed by atoms with van der Waals surface area (Å²) >= 11 is 6.00. The molecule has 1 heterocycles. The van der Waals surface area contributed by atoms with Crippen LogP contribution in [0, 0.1) is 6.92 Å². The summed E-state index contributed by atoms with van der Waals surface area (Å²) in [6.07, 6.45) is 0. The topological polar surface area (TPSA) is 100 Å². The van der Waals surface area contributed by atoms with Crippen LogP contribution in [0.15, 0.2) is 23.4 Å². The molecule has 21 heavy (non-hydrogen) atoms. The number of aryl methyl sites for hydroxylation is 1. The molecule has 0 unspecified atom stereocenters. The predicted molar refractivity (Wildman–Crippen MR) is 78.5 cm³/mol. The molecular weight excluding hydrogens is 316 g/mol. The van der Waals surface area contributed by atoms with E-state index >= 15 is 0 Å². The van der Waals surface area contributed by atoms with E-state index in [0.717, 1.165) is 5.56 Å². The van der Waals surface area contributed by atoms with Crippen molar-refractivity contribution in [3.63, 3.8) is 0 Å². The van der Waals surface area contributed by atoms with Gasteiger partial charge in [0.2, 0.25) is 0 Å². The number of primary sulfonamides is 1. The first-order valence-electron chi connectivity index (χ1n) is 6.06. The largest absolute Gasteiger partial charge is 0.383 e. The normalized spacial score (nSPS) is 11.8. The summed E-state index contributed by atoms with van der Waals surface area (Å²) in [5.74, 6) is 0.385. The van der Waals surface area contributed by atoms with Gasteiger partial charge in [-0.2, -0.15) is 0 Å². The maximum absolute atomic E-state index is 11.6. The molecule has 2 rings (SSSR count).